The largest absolute Gasteiger partial charge is 0.352 e. The van der Waals surface area contributed by atoms with E-state index in [2.05, 4.69) is 24.5 Å². The van der Waals surface area contributed by atoms with Gasteiger partial charge in [0, 0.05) is 12.5 Å². The summed E-state index contributed by atoms with van der Waals surface area (Å²) < 4.78 is 0. The Hall–Kier alpha value is -1.10. The lowest BCUT2D eigenvalue weighted by atomic mass is 9.84. The van der Waals surface area contributed by atoms with E-state index < -0.39 is 0 Å². The second-order valence-corrected chi connectivity index (χ2v) is 6.16. The van der Waals surface area contributed by atoms with E-state index in [9.17, 15) is 9.59 Å². The second kappa shape index (κ2) is 8.95. The van der Waals surface area contributed by atoms with E-state index >= 15 is 0 Å². The molecule has 0 aliphatic heterocycles. The summed E-state index contributed by atoms with van der Waals surface area (Å²) in [5.74, 6) is 0.729. The number of amides is 2. The summed E-state index contributed by atoms with van der Waals surface area (Å²) in [5.41, 5.74) is 5.74. The molecule has 2 amide bonds. The zero-order chi connectivity index (χ0) is 15.0. The lowest BCUT2D eigenvalue weighted by molar-refractivity contribution is -0.126. The second-order valence-electron chi connectivity index (χ2n) is 6.16. The summed E-state index contributed by atoms with van der Waals surface area (Å²) in [6.45, 7) is 4.85. The summed E-state index contributed by atoms with van der Waals surface area (Å²) in [7, 11) is 0. The van der Waals surface area contributed by atoms with Crippen LogP contribution in [0.25, 0.3) is 0 Å². The van der Waals surface area contributed by atoms with E-state index in [0.717, 1.165) is 25.7 Å². The number of carbonyl (C=O) groups is 2. The van der Waals surface area contributed by atoms with Gasteiger partial charge in [-0.2, -0.15) is 0 Å². The van der Waals surface area contributed by atoms with Crippen molar-refractivity contribution in [3.05, 3.63) is 0 Å². The molecule has 20 heavy (non-hydrogen) atoms. The lowest BCUT2D eigenvalue weighted by Crippen LogP contribution is -2.48. The van der Waals surface area contributed by atoms with Crippen LogP contribution in [0.1, 0.15) is 52.4 Å². The Kier molecular flexibility index (Phi) is 7.59. The lowest BCUT2D eigenvalue weighted by Gasteiger charge is -2.31. The van der Waals surface area contributed by atoms with Crippen LogP contribution in [-0.2, 0) is 9.59 Å². The van der Waals surface area contributed by atoms with Crippen molar-refractivity contribution in [1.82, 2.24) is 10.6 Å². The predicted molar refractivity (Wildman–Crippen MR) is 80.0 cm³/mol. The minimum atomic E-state index is -0.103. The minimum Gasteiger partial charge on any atom is -0.352 e. The Labute approximate surface area is 122 Å². The molecule has 1 aliphatic rings. The number of hydrogen-bond acceptors (Lipinski definition) is 3. The van der Waals surface area contributed by atoms with Crippen LogP contribution in [0.2, 0.25) is 0 Å². The maximum atomic E-state index is 11.8. The molecule has 1 rings (SSSR count). The molecule has 116 valence electrons. The molecule has 0 spiro atoms. The maximum absolute atomic E-state index is 11.8. The van der Waals surface area contributed by atoms with Crippen molar-refractivity contribution in [2.75, 3.05) is 13.1 Å². The Morgan fingerprint density at radius 1 is 1.20 bits per heavy atom. The molecule has 0 saturated heterocycles. The van der Waals surface area contributed by atoms with Crippen molar-refractivity contribution in [2.24, 2.45) is 17.6 Å². The van der Waals surface area contributed by atoms with E-state index in [-0.39, 0.29) is 24.4 Å². The van der Waals surface area contributed by atoms with Crippen LogP contribution < -0.4 is 16.4 Å². The van der Waals surface area contributed by atoms with E-state index in [4.69, 9.17) is 5.73 Å². The number of nitrogens with two attached hydrogens (primary N) is 1. The third-order valence-corrected chi connectivity index (χ3v) is 3.95. The van der Waals surface area contributed by atoms with Crippen LogP contribution in [0.4, 0.5) is 0 Å². The van der Waals surface area contributed by atoms with Crippen molar-refractivity contribution in [3.8, 4) is 0 Å². The van der Waals surface area contributed by atoms with Crippen molar-refractivity contribution in [2.45, 2.75) is 58.4 Å². The Morgan fingerprint density at radius 3 is 2.55 bits per heavy atom. The zero-order valence-corrected chi connectivity index (χ0v) is 12.8. The van der Waals surface area contributed by atoms with Gasteiger partial charge in [0.1, 0.15) is 0 Å². The molecular weight excluding hydrogens is 254 g/mol. The van der Waals surface area contributed by atoms with Crippen LogP contribution in [0.15, 0.2) is 0 Å². The first kappa shape index (κ1) is 17.0. The summed E-state index contributed by atoms with van der Waals surface area (Å²) in [4.78, 5) is 23.4. The highest BCUT2D eigenvalue weighted by molar-refractivity contribution is 5.84. The molecule has 2 unspecified atom stereocenters. The van der Waals surface area contributed by atoms with Crippen LogP contribution >= 0.6 is 0 Å². The third kappa shape index (κ3) is 6.37. The van der Waals surface area contributed by atoms with E-state index in [1.807, 2.05) is 0 Å². The van der Waals surface area contributed by atoms with Gasteiger partial charge in [-0.25, -0.2) is 0 Å². The molecule has 5 nitrogen and oxygen atoms in total. The molecule has 1 aliphatic carbocycles. The monoisotopic (exact) mass is 283 g/mol. The predicted octanol–water partition coefficient (Wildman–Crippen LogP) is 1.17. The minimum absolute atomic E-state index is 0.0483. The molecule has 2 atom stereocenters. The molecule has 1 saturated carbocycles. The SMILES string of the molecule is CC(C)CCC(=O)NCC(=O)NC1CCCCC1CN. The molecule has 1 fully saturated rings. The molecule has 0 heterocycles. The first-order chi connectivity index (χ1) is 9.52. The maximum Gasteiger partial charge on any atom is 0.239 e. The fourth-order valence-electron chi connectivity index (χ4n) is 2.62. The number of hydrogen-bond donors (Lipinski definition) is 3. The van der Waals surface area contributed by atoms with Gasteiger partial charge in [-0.05, 0) is 37.6 Å². The quantitative estimate of drug-likeness (QED) is 0.656. The Balaban J connectivity index is 2.23. The molecular formula is C15H29N3O2. The van der Waals surface area contributed by atoms with Gasteiger partial charge < -0.3 is 16.4 Å². The smallest absolute Gasteiger partial charge is 0.239 e. The van der Waals surface area contributed by atoms with Crippen molar-refractivity contribution < 1.29 is 9.59 Å². The number of nitrogens with one attached hydrogen (secondary N) is 2. The van der Waals surface area contributed by atoms with Gasteiger partial charge in [-0.15, -0.1) is 0 Å². The summed E-state index contributed by atoms with van der Waals surface area (Å²) in [6, 6.07) is 0.175. The van der Waals surface area contributed by atoms with E-state index in [0.29, 0.717) is 24.8 Å². The average Bonchev–Trinajstić information content (AvgIpc) is 2.43. The van der Waals surface area contributed by atoms with E-state index in [1.54, 1.807) is 0 Å². The first-order valence-corrected chi connectivity index (χ1v) is 7.79. The fraction of sp³-hybridized carbons (Fsp3) is 0.867. The van der Waals surface area contributed by atoms with Crippen LogP contribution in [0.5, 0.6) is 0 Å². The topological polar surface area (TPSA) is 84.2 Å². The summed E-state index contributed by atoms with van der Waals surface area (Å²) in [5, 5.41) is 5.68. The van der Waals surface area contributed by atoms with Gasteiger partial charge in [0.15, 0.2) is 0 Å². The normalized spacial score (nSPS) is 22.6. The van der Waals surface area contributed by atoms with Gasteiger partial charge >= 0.3 is 0 Å². The number of rotatable bonds is 7. The van der Waals surface area contributed by atoms with Crippen molar-refractivity contribution in [1.29, 1.82) is 0 Å². The molecule has 0 aromatic heterocycles. The van der Waals surface area contributed by atoms with Crippen LogP contribution in [0.3, 0.4) is 0 Å². The fourth-order valence-corrected chi connectivity index (χ4v) is 2.62. The van der Waals surface area contributed by atoms with E-state index in [1.165, 1.54) is 6.42 Å². The average molecular weight is 283 g/mol. The molecule has 0 radical (unpaired) electrons. The van der Waals surface area contributed by atoms with Gasteiger partial charge in [-0.1, -0.05) is 26.7 Å². The third-order valence-electron chi connectivity index (χ3n) is 3.95. The van der Waals surface area contributed by atoms with Gasteiger partial charge in [0.05, 0.1) is 6.54 Å². The zero-order valence-electron chi connectivity index (χ0n) is 12.8. The highest BCUT2D eigenvalue weighted by Crippen LogP contribution is 2.23. The summed E-state index contributed by atoms with van der Waals surface area (Å²) >= 11 is 0. The molecule has 0 aromatic carbocycles. The summed E-state index contributed by atoms with van der Waals surface area (Å²) in [6.07, 6.45) is 5.75. The first-order valence-electron chi connectivity index (χ1n) is 7.79. The Bertz CT molecular complexity index is 318. The highest BCUT2D eigenvalue weighted by atomic mass is 16.2. The molecule has 0 bridgehead atoms. The van der Waals surface area contributed by atoms with Crippen LogP contribution in [-0.4, -0.2) is 30.9 Å². The molecule has 0 aromatic rings. The Morgan fingerprint density at radius 2 is 1.90 bits per heavy atom. The molecule has 5 heteroatoms. The standard InChI is InChI=1S/C15H29N3O2/c1-11(2)7-8-14(19)17-10-15(20)18-13-6-4-3-5-12(13)9-16/h11-13H,3-10,16H2,1-2H3,(H,17,19)(H,18,20). The van der Waals surface area contributed by atoms with Crippen LogP contribution in [0, 0.1) is 11.8 Å². The number of carbonyl (C=O) groups excluding carboxylic acids is 2. The van der Waals surface area contributed by atoms with Gasteiger partial charge in [0.25, 0.3) is 0 Å². The van der Waals surface area contributed by atoms with Gasteiger partial charge in [-0.3, -0.25) is 9.59 Å². The van der Waals surface area contributed by atoms with Crippen molar-refractivity contribution in [3.63, 3.8) is 0 Å². The van der Waals surface area contributed by atoms with Crippen molar-refractivity contribution >= 4 is 11.8 Å². The van der Waals surface area contributed by atoms with Gasteiger partial charge in [0.2, 0.25) is 11.8 Å². The highest BCUT2D eigenvalue weighted by Gasteiger charge is 2.25. The molecule has 4 N–H and O–H groups in total.